The molecule has 0 aliphatic rings. The van der Waals surface area contributed by atoms with Crippen molar-refractivity contribution in [2.75, 3.05) is 0 Å². The molecule has 0 fully saturated rings. The number of rotatable bonds is 6. The van der Waals surface area contributed by atoms with Crippen LogP contribution in [0.1, 0.15) is 0 Å². The first-order valence-electron chi connectivity index (χ1n) is 5.05. The van der Waals surface area contributed by atoms with Crippen LogP contribution in [-0.4, -0.2) is 54.0 Å². The molecule has 0 radical (unpaired) electrons. The van der Waals surface area contributed by atoms with Gasteiger partial charge in [-0.25, -0.2) is 0 Å². The fourth-order valence-electron chi connectivity index (χ4n) is 1.11. The molecule has 0 rings (SSSR count). The molecule has 0 bridgehead atoms. The van der Waals surface area contributed by atoms with Crippen LogP contribution < -0.4 is 0 Å². The van der Waals surface area contributed by atoms with E-state index in [1.54, 1.807) is 0 Å². The van der Waals surface area contributed by atoms with E-state index in [0.717, 1.165) is 0 Å². The Bertz CT molecular complexity index is 645. The summed E-state index contributed by atoms with van der Waals surface area (Å²) >= 11 is 0. The molecule has 0 aromatic carbocycles. The lowest BCUT2D eigenvalue weighted by molar-refractivity contribution is -0.448. The van der Waals surface area contributed by atoms with Crippen LogP contribution >= 0.6 is 0 Å². The first kappa shape index (κ1) is 24.9. The third-order valence-electron chi connectivity index (χ3n) is 2.62. The Hall–Kier alpha value is -1.14. The fraction of sp³-hybridized carbons (Fsp3) is 1.00. The predicted octanol–water partition coefficient (Wildman–Crippen LogP) is 4.21. The summed E-state index contributed by atoms with van der Waals surface area (Å²) in [5, 5.41) is -7.70. The molecule has 0 heterocycles. The molecule has 158 valence electrons. The summed E-state index contributed by atoms with van der Waals surface area (Å²) in [7, 11) is -7.76. The lowest BCUT2D eigenvalue weighted by Gasteiger charge is -2.40. The van der Waals surface area contributed by atoms with E-state index in [1.807, 2.05) is 0 Å². The summed E-state index contributed by atoms with van der Waals surface area (Å²) in [6.07, 6.45) is -7.75. The highest BCUT2D eigenvalue weighted by molar-refractivity contribution is 7.87. The summed E-state index contributed by atoms with van der Waals surface area (Å²) < 4.78 is 215. The minimum atomic E-state index is -8.60. The molecule has 0 atom stereocenters. The standard InChI is InChI=1S/C7HF15O3S/c8-1(9,2(10,11)4(14,15)6(18,19)20)3(12,13)5(16,17)7(21,22)26(23,24)25/h(H,23,24,25). The Morgan fingerprint density at radius 2 is 0.692 bits per heavy atom. The fourth-order valence-corrected chi connectivity index (χ4v) is 1.57. The van der Waals surface area contributed by atoms with Crippen molar-refractivity contribution >= 4 is 10.1 Å². The quantitative estimate of drug-likeness (QED) is 0.488. The molecule has 0 aliphatic carbocycles. The molecule has 0 saturated carbocycles. The Kier molecular flexibility index (Phi) is 5.43. The number of hydrogen-bond acceptors (Lipinski definition) is 2. The van der Waals surface area contributed by atoms with Gasteiger partial charge in [-0.3, -0.25) is 4.55 Å². The van der Waals surface area contributed by atoms with Crippen molar-refractivity contribution in [3.63, 3.8) is 0 Å². The van der Waals surface area contributed by atoms with E-state index in [9.17, 15) is 74.3 Å². The van der Waals surface area contributed by atoms with Gasteiger partial charge in [-0.1, -0.05) is 0 Å². The van der Waals surface area contributed by atoms with Crippen LogP contribution in [0.4, 0.5) is 65.9 Å². The zero-order valence-corrected chi connectivity index (χ0v) is 11.7. The van der Waals surface area contributed by atoms with E-state index >= 15 is 0 Å². The zero-order chi connectivity index (χ0) is 22.0. The first-order valence-corrected chi connectivity index (χ1v) is 6.49. The second-order valence-electron chi connectivity index (χ2n) is 4.36. The lowest BCUT2D eigenvalue weighted by Crippen LogP contribution is -2.73. The maximum absolute atomic E-state index is 12.9. The molecular formula is C7HF15O3S. The molecule has 3 nitrogen and oxygen atoms in total. The van der Waals surface area contributed by atoms with E-state index in [1.165, 1.54) is 0 Å². The Morgan fingerprint density at radius 1 is 0.462 bits per heavy atom. The SMILES string of the molecule is O=S(=O)(O)C(F)(F)C(F)(F)C(F)(F)C(F)(F)C(F)(F)C(F)(F)C(F)(F)F. The Balaban J connectivity index is 6.71. The van der Waals surface area contributed by atoms with Crippen LogP contribution in [0.5, 0.6) is 0 Å². The molecular weight excluding hydrogens is 449 g/mol. The van der Waals surface area contributed by atoms with Gasteiger partial charge < -0.3 is 0 Å². The van der Waals surface area contributed by atoms with Crippen molar-refractivity contribution in [2.45, 2.75) is 41.0 Å². The Labute approximate surface area is 131 Å². The van der Waals surface area contributed by atoms with Gasteiger partial charge in [-0.05, 0) is 0 Å². The van der Waals surface area contributed by atoms with Gasteiger partial charge >= 0.3 is 51.2 Å². The van der Waals surface area contributed by atoms with E-state index in [2.05, 4.69) is 0 Å². The van der Waals surface area contributed by atoms with E-state index in [0.29, 0.717) is 0 Å². The summed E-state index contributed by atoms with van der Waals surface area (Å²) in [4.78, 5) is 0. The first-order chi connectivity index (χ1) is 10.8. The predicted molar refractivity (Wildman–Crippen MR) is 47.3 cm³/mol. The van der Waals surface area contributed by atoms with E-state index in [-0.39, 0.29) is 0 Å². The number of alkyl halides is 15. The van der Waals surface area contributed by atoms with Gasteiger partial charge in [-0.2, -0.15) is 74.3 Å². The van der Waals surface area contributed by atoms with Gasteiger partial charge in [0.25, 0.3) is 0 Å². The smallest absolute Gasteiger partial charge is 0.281 e. The highest BCUT2D eigenvalue weighted by Gasteiger charge is 2.94. The van der Waals surface area contributed by atoms with Crippen molar-refractivity contribution in [1.29, 1.82) is 0 Å². The van der Waals surface area contributed by atoms with Crippen molar-refractivity contribution in [2.24, 2.45) is 0 Å². The Morgan fingerprint density at radius 3 is 0.923 bits per heavy atom. The highest BCUT2D eigenvalue weighted by atomic mass is 32.2. The molecule has 0 amide bonds. The molecule has 1 N–H and O–H groups in total. The van der Waals surface area contributed by atoms with Crippen molar-refractivity contribution in [3.8, 4) is 0 Å². The lowest BCUT2D eigenvalue weighted by atomic mass is 9.94. The maximum atomic E-state index is 12.9. The van der Waals surface area contributed by atoms with Crippen LogP contribution in [0.3, 0.4) is 0 Å². The topological polar surface area (TPSA) is 54.4 Å². The second kappa shape index (κ2) is 5.68. The molecule has 0 aliphatic heterocycles. The van der Waals surface area contributed by atoms with Gasteiger partial charge in [0, 0.05) is 0 Å². The van der Waals surface area contributed by atoms with Gasteiger partial charge in [-0.15, -0.1) is 0 Å². The van der Waals surface area contributed by atoms with Gasteiger partial charge in [0.05, 0.1) is 0 Å². The number of hydrogen-bond donors (Lipinski definition) is 1. The molecule has 0 saturated heterocycles. The maximum Gasteiger partial charge on any atom is 0.460 e. The molecule has 0 aromatic heterocycles. The summed E-state index contributed by atoms with van der Waals surface area (Å²) in [5.74, 6) is -42.0. The monoisotopic (exact) mass is 450 g/mol. The van der Waals surface area contributed by atoms with Crippen LogP contribution in [0.25, 0.3) is 0 Å². The molecule has 0 unspecified atom stereocenters. The normalized spacial score (nSPS) is 16.8. The van der Waals surface area contributed by atoms with Crippen molar-refractivity contribution < 1.29 is 78.8 Å². The number of halogens is 15. The zero-order valence-electron chi connectivity index (χ0n) is 10.8. The third kappa shape index (κ3) is 2.85. The highest BCUT2D eigenvalue weighted by Crippen LogP contribution is 2.62. The van der Waals surface area contributed by atoms with Crippen LogP contribution in [-0.2, 0) is 10.1 Å². The third-order valence-corrected chi connectivity index (χ3v) is 3.53. The summed E-state index contributed by atoms with van der Waals surface area (Å²) in [6, 6.07) is 0. The van der Waals surface area contributed by atoms with Gasteiger partial charge in [0.2, 0.25) is 0 Å². The van der Waals surface area contributed by atoms with Gasteiger partial charge in [0.15, 0.2) is 0 Å². The van der Waals surface area contributed by atoms with E-state index in [4.69, 9.17) is 4.55 Å². The average molecular weight is 450 g/mol. The van der Waals surface area contributed by atoms with Crippen molar-refractivity contribution in [3.05, 3.63) is 0 Å². The van der Waals surface area contributed by atoms with Crippen LogP contribution in [0.2, 0.25) is 0 Å². The summed E-state index contributed by atoms with van der Waals surface area (Å²) in [6.45, 7) is 0. The largest absolute Gasteiger partial charge is 0.460 e. The second-order valence-corrected chi connectivity index (χ2v) is 5.82. The summed E-state index contributed by atoms with van der Waals surface area (Å²) in [5.41, 5.74) is 0. The molecule has 0 aromatic rings. The van der Waals surface area contributed by atoms with E-state index < -0.39 is 51.2 Å². The molecule has 19 heteroatoms. The van der Waals surface area contributed by atoms with Crippen LogP contribution in [0, 0.1) is 0 Å². The minimum absolute atomic E-state index is 7.65. The molecule has 0 spiro atoms. The average Bonchev–Trinajstić information content (AvgIpc) is 2.34. The van der Waals surface area contributed by atoms with Gasteiger partial charge in [0.1, 0.15) is 0 Å². The minimum Gasteiger partial charge on any atom is -0.281 e. The van der Waals surface area contributed by atoms with Crippen LogP contribution in [0.15, 0.2) is 0 Å². The van der Waals surface area contributed by atoms with Crippen molar-refractivity contribution in [1.82, 2.24) is 0 Å². The molecule has 26 heavy (non-hydrogen) atoms.